The van der Waals surface area contributed by atoms with Crippen molar-refractivity contribution in [2.75, 3.05) is 6.54 Å². The molecule has 1 heterocycles. The fourth-order valence-electron chi connectivity index (χ4n) is 0.993. The van der Waals surface area contributed by atoms with Crippen molar-refractivity contribution in [2.24, 2.45) is 0 Å². The molecule has 0 saturated heterocycles. The molecule has 7 nitrogen and oxygen atoms in total. The van der Waals surface area contributed by atoms with E-state index < -0.39 is 21.2 Å². The molecule has 0 aromatic carbocycles. The Morgan fingerprint density at radius 3 is 2.81 bits per heavy atom. The van der Waals surface area contributed by atoms with Crippen LogP contribution in [0.15, 0.2) is 18.5 Å². The number of aromatic nitrogens is 2. The van der Waals surface area contributed by atoms with Crippen LogP contribution in [0.5, 0.6) is 0 Å². The van der Waals surface area contributed by atoms with Crippen LogP contribution < -0.4 is 4.72 Å². The molecule has 0 bridgehead atoms. The molecule has 1 rings (SSSR count). The van der Waals surface area contributed by atoms with Crippen molar-refractivity contribution in [3.8, 4) is 0 Å². The molecule has 8 heteroatoms. The second kappa shape index (κ2) is 5.08. The molecule has 1 aromatic heterocycles. The van der Waals surface area contributed by atoms with Crippen LogP contribution in [0.1, 0.15) is 6.92 Å². The first-order valence-corrected chi connectivity index (χ1v) is 6.17. The van der Waals surface area contributed by atoms with Gasteiger partial charge in [-0.05, 0) is 13.0 Å². The first-order valence-electron chi connectivity index (χ1n) is 4.62. The van der Waals surface area contributed by atoms with Gasteiger partial charge >= 0.3 is 5.97 Å². The van der Waals surface area contributed by atoms with E-state index in [-0.39, 0.29) is 6.54 Å². The number of nitrogens with zero attached hydrogens (tertiary/aromatic N) is 2. The smallest absolute Gasteiger partial charge is 0.323 e. The van der Waals surface area contributed by atoms with Gasteiger partial charge in [-0.15, -0.1) is 0 Å². The van der Waals surface area contributed by atoms with E-state index in [1.165, 1.54) is 0 Å². The fraction of sp³-hybridized carbons (Fsp3) is 0.500. The van der Waals surface area contributed by atoms with Crippen LogP contribution in [0.25, 0.3) is 0 Å². The van der Waals surface area contributed by atoms with Crippen LogP contribution in [0, 0.1) is 0 Å². The number of carboxylic acid groups (broad SMARTS) is 1. The number of nitrogens with one attached hydrogen (secondary N) is 1. The Labute approximate surface area is 93.1 Å². The van der Waals surface area contributed by atoms with Crippen LogP contribution in [-0.4, -0.2) is 41.1 Å². The zero-order chi connectivity index (χ0) is 12.2. The molecule has 0 fully saturated rings. The maximum Gasteiger partial charge on any atom is 0.323 e. The predicted octanol–water partition coefficient (Wildman–Crippen LogP) is -0.724. The summed E-state index contributed by atoms with van der Waals surface area (Å²) in [6.45, 7) is 1.60. The summed E-state index contributed by atoms with van der Waals surface area (Å²) in [5, 5.41) is 11.0. The van der Waals surface area contributed by atoms with Crippen LogP contribution in [-0.2, 0) is 21.4 Å². The molecule has 2 N–H and O–H groups in total. The molecule has 0 saturated carbocycles. The van der Waals surface area contributed by atoms with Crippen LogP contribution in [0.2, 0.25) is 0 Å². The van der Waals surface area contributed by atoms with E-state index >= 15 is 0 Å². The molecule has 16 heavy (non-hydrogen) atoms. The summed E-state index contributed by atoms with van der Waals surface area (Å²) in [6, 6.07) is 1.72. The predicted molar refractivity (Wildman–Crippen MR) is 56.2 cm³/mol. The summed E-state index contributed by atoms with van der Waals surface area (Å²) in [7, 11) is -3.80. The summed E-state index contributed by atoms with van der Waals surface area (Å²) in [5.74, 6) is -1.37. The molecule has 1 unspecified atom stereocenters. The lowest BCUT2D eigenvalue weighted by Gasteiger charge is -2.09. The Bertz CT molecular complexity index is 440. The molecular weight excluding hydrogens is 234 g/mol. The Morgan fingerprint density at radius 1 is 1.62 bits per heavy atom. The molecule has 0 aliphatic rings. The maximum absolute atomic E-state index is 11.4. The number of aliphatic carboxylic acids is 1. The monoisotopic (exact) mass is 247 g/mol. The van der Waals surface area contributed by atoms with E-state index in [9.17, 15) is 13.2 Å². The van der Waals surface area contributed by atoms with Crippen molar-refractivity contribution in [3.05, 3.63) is 18.5 Å². The zero-order valence-electron chi connectivity index (χ0n) is 8.70. The number of hydrogen-bond acceptors (Lipinski definition) is 4. The lowest BCUT2D eigenvalue weighted by molar-refractivity contribution is -0.136. The first kappa shape index (κ1) is 12.7. The van der Waals surface area contributed by atoms with E-state index in [0.717, 1.165) is 6.92 Å². The van der Waals surface area contributed by atoms with E-state index in [1.807, 2.05) is 0 Å². The highest BCUT2D eigenvalue weighted by atomic mass is 32.2. The van der Waals surface area contributed by atoms with Gasteiger partial charge in [0.05, 0.1) is 6.54 Å². The van der Waals surface area contributed by atoms with Gasteiger partial charge in [0.2, 0.25) is 10.0 Å². The summed E-state index contributed by atoms with van der Waals surface area (Å²) in [5.41, 5.74) is 0. The highest BCUT2D eigenvalue weighted by Crippen LogP contribution is 1.97. The summed E-state index contributed by atoms with van der Waals surface area (Å²) in [4.78, 5) is 10.5. The quantitative estimate of drug-likeness (QED) is 0.690. The molecule has 0 amide bonds. The third kappa shape index (κ3) is 3.31. The molecule has 1 aromatic rings. The Hall–Kier alpha value is -1.41. The van der Waals surface area contributed by atoms with Gasteiger partial charge in [-0.3, -0.25) is 9.48 Å². The lowest BCUT2D eigenvalue weighted by Crippen LogP contribution is -2.38. The van der Waals surface area contributed by atoms with Gasteiger partial charge in [-0.2, -0.15) is 5.10 Å². The molecule has 90 valence electrons. The summed E-state index contributed by atoms with van der Waals surface area (Å²) in [6.07, 6.45) is 3.27. The summed E-state index contributed by atoms with van der Waals surface area (Å²) >= 11 is 0. The van der Waals surface area contributed by atoms with Crippen molar-refractivity contribution >= 4 is 16.0 Å². The van der Waals surface area contributed by atoms with E-state index in [0.29, 0.717) is 6.54 Å². The second-order valence-corrected chi connectivity index (χ2v) is 5.27. The normalized spacial score (nSPS) is 13.6. The molecule has 0 radical (unpaired) electrons. The number of carbonyl (C=O) groups is 1. The van der Waals surface area contributed by atoms with E-state index in [2.05, 4.69) is 9.82 Å². The van der Waals surface area contributed by atoms with Crippen LogP contribution >= 0.6 is 0 Å². The Kier molecular flexibility index (Phi) is 4.02. The van der Waals surface area contributed by atoms with E-state index in [1.54, 1.807) is 23.1 Å². The SMILES string of the molecule is CC(C(=O)O)S(=O)(=O)NCCn1cccn1. The van der Waals surface area contributed by atoms with Crippen molar-refractivity contribution < 1.29 is 18.3 Å². The van der Waals surface area contributed by atoms with Gasteiger partial charge in [0.15, 0.2) is 5.25 Å². The zero-order valence-corrected chi connectivity index (χ0v) is 9.51. The van der Waals surface area contributed by atoms with Crippen LogP contribution in [0.4, 0.5) is 0 Å². The average Bonchev–Trinajstić information content (AvgIpc) is 2.69. The standard InChI is InChI=1S/C8H13N3O4S/c1-7(8(12)13)16(14,15)10-4-6-11-5-2-3-9-11/h2-3,5,7,10H,4,6H2,1H3,(H,12,13). The molecular formula is C8H13N3O4S. The maximum atomic E-state index is 11.4. The minimum absolute atomic E-state index is 0.113. The number of rotatable bonds is 6. The van der Waals surface area contributed by atoms with Gasteiger partial charge in [-0.1, -0.05) is 0 Å². The highest BCUT2D eigenvalue weighted by molar-refractivity contribution is 7.90. The highest BCUT2D eigenvalue weighted by Gasteiger charge is 2.26. The van der Waals surface area contributed by atoms with Crippen molar-refractivity contribution in [3.63, 3.8) is 0 Å². The number of hydrogen-bond donors (Lipinski definition) is 2. The second-order valence-electron chi connectivity index (χ2n) is 3.19. The minimum Gasteiger partial charge on any atom is -0.480 e. The molecule has 0 spiro atoms. The summed E-state index contributed by atoms with van der Waals surface area (Å²) < 4.78 is 26.5. The largest absolute Gasteiger partial charge is 0.480 e. The van der Waals surface area contributed by atoms with Gasteiger partial charge in [0, 0.05) is 18.9 Å². The third-order valence-corrected chi connectivity index (χ3v) is 3.76. The Balaban J connectivity index is 2.46. The number of carboxylic acids is 1. The van der Waals surface area contributed by atoms with Crippen molar-refractivity contribution in [1.29, 1.82) is 0 Å². The lowest BCUT2D eigenvalue weighted by atomic mass is 10.5. The number of sulfonamides is 1. The van der Waals surface area contributed by atoms with Gasteiger partial charge in [0.1, 0.15) is 0 Å². The van der Waals surface area contributed by atoms with E-state index in [4.69, 9.17) is 5.11 Å². The molecule has 1 atom stereocenters. The van der Waals surface area contributed by atoms with Gasteiger partial charge in [-0.25, -0.2) is 13.1 Å². The Morgan fingerprint density at radius 2 is 2.31 bits per heavy atom. The van der Waals surface area contributed by atoms with Crippen LogP contribution in [0.3, 0.4) is 0 Å². The fourth-order valence-corrected chi connectivity index (χ4v) is 1.88. The first-order chi connectivity index (χ1) is 7.43. The van der Waals surface area contributed by atoms with Crippen molar-refractivity contribution in [1.82, 2.24) is 14.5 Å². The average molecular weight is 247 g/mol. The third-order valence-electron chi connectivity index (χ3n) is 2.02. The molecule has 0 aliphatic carbocycles. The van der Waals surface area contributed by atoms with Crippen molar-refractivity contribution in [2.45, 2.75) is 18.7 Å². The minimum atomic E-state index is -3.80. The molecule has 0 aliphatic heterocycles. The van der Waals surface area contributed by atoms with Gasteiger partial charge in [0.25, 0.3) is 0 Å². The topological polar surface area (TPSA) is 101 Å². The van der Waals surface area contributed by atoms with Gasteiger partial charge < -0.3 is 5.11 Å².